The summed E-state index contributed by atoms with van der Waals surface area (Å²) in [5, 5.41) is 4.76. The summed E-state index contributed by atoms with van der Waals surface area (Å²) in [6.45, 7) is 2.00. The van der Waals surface area contributed by atoms with Crippen molar-refractivity contribution in [2.24, 2.45) is 0 Å². The lowest BCUT2D eigenvalue weighted by atomic mass is 10.1. The van der Waals surface area contributed by atoms with Crippen LogP contribution in [0.25, 0.3) is 10.9 Å². The Hall–Kier alpha value is -2.42. The molecule has 1 aliphatic heterocycles. The van der Waals surface area contributed by atoms with Crippen LogP contribution >= 0.6 is 0 Å². The minimum Gasteiger partial charge on any atom is -0.381 e. The standard InChI is InChI=1S/C18H19N3/c1-21-9-7-15-10-13(2-5-18(15)21)12-20-16-3-4-17-14(11-16)6-8-19-17/h2-6,8,10-11,19-20H,7,9,12H2,1H3. The number of fused-ring (bicyclic) bond motifs is 2. The van der Waals surface area contributed by atoms with Crippen LogP contribution in [0.2, 0.25) is 0 Å². The molecule has 0 aliphatic carbocycles. The molecule has 0 saturated carbocycles. The van der Waals surface area contributed by atoms with Crippen LogP contribution < -0.4 is 10.2 Å². The number of benzene rings is 2. The van der Waals surface area contributed by atoms with Gasteiger partial charge in [0.25, 0.3) is 0 Å². The normalized spacial score (nSPS) is 13.7. The van der Waals surface area contributed by atoms with Crippen molar-refractivity contribution in [2.75, 3.05) is 23.8 Å². The first kappa shape index (κ1) is 12.3. The molecular formula is C18H19N3. The molecule has 0 radical (unpaired) electrons. The van der Waals surface area contributed by atoms with Gasteiger partial charge in [-0.2, -0.15) is 0 Å². The van der Waals surface area contributed by atoms with E-state index < -0.39 is 0 Å². The van der Waals surface area contributed by atoms with Crippen molar-refractivity contribution in [3.63, 3.8) is 0 Å². The molecule has 21 heavy (non-hydrogen) atoms. The Labute approximate surface area is 124 Å². The number of aromatic nitrogens is 1. The lowest BCUT2D eigenvalue weighted by Crippen LogP contribution is -2.12. The Morgan fingerprint density at radius 3 is 3.05 bits per heavy atom. The fourth-order valence-electron chi connectivity index (χ4n) is 3.10. The first-order chi connectivity index (χ1) is 10.3. The van der Waals surface area contributed by atoms with Crippen LogP contribution in [-0.4, -0.2) is 18.6 Å². The Morgan fingerprint density at radius 1 is 1.14 bits per heavy atom. The molecule has 2 N–H and O–H groups in total. The molecule has 2 aromatic carbocycles. The quantitative estimate of drug-likeness (QED) is 0.763. The molecule has 4 rings (SSSR count). The largest absolute Gasteiger partial charge is 0.381 e. The lowest BCUT2D eigenvalue weighted by molar-refractivity contribution is 0.955. The van der Waals surface area contributed by atoms with E-state index in [1.165, 1.54) is 33.4 Å². The first-order valence-corrected chi connectivity index (χ1v) is 7.43. The van der Waals surface area contributed by atoms with Crippen LogP contribution in [0.5, 0.6) is 0 Å². The third-order valence-electron chi connectivity index (χ3n) is 4.32. The van der Waals surface area contributed by atoms with Gasteiger partial charge in [-0.25, -0.2) is 0 Å². The molecule has 0 bridgehead atoms. The van der Waals surface area contributed by atoms with Gasteiger partial charge in [-0.05, 0) is 47.9 Å². The predicted octanol–water partition coefficient (Wildman–Crippen LogP) is 3.77. The third kappa shape index (κ3) is 2.25. The van der Waals surface area contributed by atoms with E-state index in [9.17, 15) is 0 Å². The molecule has 1 aromatic heterocycles. The van der Waals surface area contributed by atoms with Crippen molar-refractivity contribution in [3.8, 4) is 0 Å². The maximum absolute atomic E-state index is 3.52. The number of nitrogens with zero attached hydrogens (tertiary/aromatic N) is 1. The van der Waals surface area contributed by atoms with Gasteiger partial charge in [0.15, 0.2) is 0 Å². The summed E-state index contributed by atoms with van der Waals surface area (Å²) in [4.78, 5) is 5.55. The van der Waals surface area contributed by atoms with Gasteiger partial charge >= 0.3 is 0 Å². The van der Waals surface area contributed by atoms with Crippen LogP contribution in [0.1, 0.15) is 11.1 Å². The van der Waals surface area contributed by atoms with Crippen molar-refractivity contribution in [3.05, 3.63) is 59.8 Å². The Kier molecular flexibility index (Phi) is 2.85. The molecule has 0 spiro atoms. The lowest BCUT2D eigenvalue weighted by Gasteiger charge is -2.13. The SMILES string of the molecule is CN1CCc2cc(CNc3ccc4[nH]ccc4c3)ccc21. The van der Waals surface area contributed by atoms with Crippen LogP contribution in [0.15, 0.2) is 48.7 Å². The van der Waals surface area contributed by atoms with Gasteiger partial charge in [-0.3, -0.25) is 0 Å². The van der Waals surface area contributed by atoms with Crippen LogP contribution in [-0.2, 0) is 13.0 Å². The van der Waals surface area contributed by atoms with E-state index in [0.717, 1.165) is 19.5 Å². The summed E-state index contributed by atoms with van der Waals surface area (Å²) in [6, 6.07) is 15.3. The highest BCUT2D eigenvalue weighted by Crippen LogP contribution is 2.27. The van der Waals surface area contributed by atoms with Gasteiger partial charge in [-0.1, -0.05) is 12.1 Å². The van der Waals surface area contributed by atoms with E-state index in [1.54, 1.807) is 0 Å². The number of anilines is 2. The molecule has 0 unspecified atom stereocenters. The second-order valence-corrected chi connectivity index (χ2v) is 5.77. The average molecular weight is 277 g/mol. The number of likely N-dealkylation sites (N-methyl/N-ethyl adjacent to an activating group) is 1. The first-order valence-electron chi connectivity index (χ1n) is 7.43. The van der Waals surface area contributed by atoms with E-state index in [4.69, 9.17) is 0 Å². The van der Waals surface area contributed by atoms with Gasteiger partial charge in [0.1, 0.15) is 0 Å². The second kappa shape index (κ2) is 4.85. The number of rotatable bonds is 3. The van der Waals surface area contributed by atoms with E-state index >= 15 is 0 Å². The van der Waals surface area contributed by atoms with Crippen molar-refractivity contribution >= 4 is 22.3 Å². The number of hydrogen-bond donors (Lipinski definition) is 2. The molecule has 3 nitrogen and oxygen atoms in total. The smallest absolute Gasteiger partial charge is 0.0455 e. The van der Waals surface area contributed by atoms with Gasteiger partial charge in [-0.15, -0.1) is 0 Å². The number of hydrogen-bond acceptors (Lipinski definition) is 2. The summed E-state index contributed by atoms with van der Waals surface area (Å²) in [6.07, 6.45) is 3.14. The summed E-state index contributed by atoms with van der Waals surface area (Å²) < 4.78 is 0. The van der Waals surface area contributed by atoms with Gasteiger partial charge < -0.3 is 15.2 Å². The summed E-state index contributed by atoms with van der Waals surface area (Å²) >= 11 is 0. The Balaban J connectivity index is 1.51. The monoisotopic (exact) mass is 277 g/mol. The van der Waals surface area contributed by atoms with Gasteiger partial charge in [0.05, 0.1) is 0 Å². The van der Waals surface area contributed by atoms with E-state index in [1.807, 2.05) is 6.20 Å². The van der Waals surface area contributed by atoms with Crippen LogP contribution in [0.4, 0.5) is 11.4 Å². The summed E-state index contributed by atoms with van der Waals surface area (Å²) in [5.74, 6) is 0. The Morgan fingerprint density at radius 2 is 2.10 bits per heavy atom. The molecule has 3 heteroatoms. The Bertz CT molecular complexity index is 788. The minimum absolute atomic E-state index is 0.868. The van der Waals surface area contributed by atoms with Crippen molar-refractivity contribution in [1.29, 1.82) is 0 Å². The van der Waals surface area contributed by atoms with E-state index in [0.29, 0.717) is 0 Å². The summed E-state index contributed by atoms with van der Waals surface area (Å²) in [5.41, 5.74) is 6.55. The molecule has 3 aromatic rings. The number of aromatic amines is 1. The average Bonchev–Trinajstić information content (AvgIpc) is 3.11. The van der Waals surface area contributed by atoms with E-state index in [-0.39, 0.29) is 0 Å². The van der Waals surface area contributed by atoms with Gasteiger partial charge in [0, 0.05) is 48.6 Å². The van der Waals surface area contributed by atoms with Crippen molar-refractivity contribution < 1.29 is 0 Å². The summed E-state index contributed by atoms with van der Waals surface area (Å²) in [7, 11) is 2.16. The zero-order valence-electron chi connectivity index (χ0n) is 12.2. The van der Waals surface area contributed by atoms with Crippen molar-refractivity contribution in [2.45, 2.75) is 13.0 Å². The molecule has 106 valence electrons. The molecule has 0 saturated heterocycles. The topological polar surface area (TPSA) is 31.1 Å². The zero-order valence-corrected chi connectivity index (χ0v) is 12.2. The fourth-order valence-corrected chi connectivity index (χ4v) is 3.10. The van der Waals surface area contributed by atoms with Crippen LogP contribution in [0.3, 0.4) is 0 Å². The van der Waals surface area contributed by atoms with E-state index in [2.05, 4.69) is 64.7 Å². The van der Waals surface area contributed by atoms with Crippen LogP contribution in [0, 0.1) is 0 Å². The number of H-pyrrole nitrogens is 1. The van der Waals surface area contributed by atoms with Gasteiger partial charge in [0.2, 0.25) is 0 Å². The highest BCUT2D eigenvalue weighted by Gasteiger charge is 2.15. The molecule has 0 fully saturated rings. The maximum Gasteiger partial charge on any atom is 0.0455 e. The molecule has 2 heterocycles. The third-order valence-corrected chi connectivity index (χ3v) is 4.32. The second-order valence-electron chi connectivity index (χ2n) is 5.77. The fraction of sp³-hybridized carbons (Fsp3) is 0.222. The highest BCUT2D eigenvalue weighted by atomic mass is 15.1. The zero-order chi connectivity index (χ0) is 14.2. The van der Waals surface area contributed by atoms with Crippen molar-refractivity contribution in [1.82, 2.24) is 4.98 Å². The molecule has 0 amide bonds. The molecule has 0 atom stereocenters. The molecular weight excluding hydrogens is 258 g/mol. The maximum atomic E-state index is 3.52. The highest BCUT2D eigenvalue weighted by molar-refractivity contribution is 5.82. The molecule has 1 aliphatic rings. The minimum atomic E-state index is 0.868. The number of nitrogens with one attached hydrogen (secondary N) is 2. The predicted molar refractivity (Wildman–Crippen MR) is 89.0 cm³/mol.